The van der Waals surface area contributed by atoms with E-state index in [0.29, 0.717) is 11.1 Å². The maximum atomic E-state index is 12.3. The predicted octanol–water partition coefficient (Wildman–Crippen LogP) is 6.66. The molecule has 2 N–H and O–H groups in total. The Hall–Kier alpha value is -2.29. The first-order valence-corrected chi connectivity index (χ1v) is 14.0. The Labute approximate surface area is 255 Å². The molecule has 0 unspecified atom stereocenters. The minimum atomic E-state index is -0.414. The third-order valence-corrected chi connectivity index (χ3v) is 7.86. The molecule has 0 amide bonds. The fourth-order valence-corrected chi connectivity index (χ4v) is 6.20. The van der Waals surface area contributed by atoms with E-state index in [9.17, 15) is 20.6 Å². The van der Waals surface area contributed by atoms with E-state index in [2.05, 4.69) is 9.98 Å². The van der Waals surface area contributed by atoms with Gasteiger partial charge < -0.3 is 30.8 Å². The number of para-hydroxylation sites is 2. The van der Waals surface area contributed by atoms with Gasteiger partial charge in [0.2, 0.25) is 0 Å². The van der Waals surface area contributed by atoms with Crippen LogP contribution in [0.5, 0.6) is 11.5 Å². The van der Waals surface area contributed by atoms with Gasteiger partial charge in [-0.3, -0.25) is 9.98 Å². The molecule has 2 aromatic rings. The van der Waals surface area contributed by atoms with Crippen LogP contribution in [0, 0.1) is 10.4 Å². The Morgan fingerprint density at radius 1 is 0.610 bits per heavy atom. The minimum Gasteiger partial charge on any atom is -0.784 e. The molecule has 0 radical (unpaired) electrons. The van der Waals surface area contributed by atoms with Gasteiger partial charge in [-0.1, -0.05) is 24.3 Å². The van der Waals surface area contributed by atoms with Crippen molar-refractivity contribution in [3.05, 3.63) is 70.1 Å². The van der Waals surface area contributed by atoms with Crippen molar-refractivity contribution in [1.82, 2.24) is 10.1 Å². The zero-order chi connectivity index (χ0) is 29.9. The second-order valence-corrected chi connectivity index (χ2v) is 13.6. The summed E-state index contributed by atoms with van der Waals surface area (Å²) in [7, 11) is 0. The van der Waals surface area contributed by atoms with Gasteiger partial charge in [-0.15, -0.1) is 0 Å². The number of hydroxylamine groups is 4. The fourth-order valence-electron chi connectivity index (χ4n) is 6.20. The number of phenolic OH excluding ortho intramolecular Hbond substituents is 2. The van der Waals surface area contributed by atoms with E-state index in [1.54, 1.807) is 36.7 Å². The zero-order valence-electron chi connectivity index (χ0n) is 25.6. The number of benzene rings is 2. The monoisotopic (exact) mass is 608 g/mol. The average molecular weight is 609 g/mol. The molecular weight excluding hydrogens is 563 g/mol. The topological polar surface area (TPSA) is 118 Å². The summed E-state index contributed by atoms with van der Waals surface area (Å²) in [5.41, 5.74) is -0.226. The summed E-state index contributed by atoms with van der Waals surface area (Å²) >= 11 is 0. The summed E-state index contributed by atoms with van der Waals surface area (Å²) in [4.78, 5) is 9.18. The summed E-state index contributed by atoms with van der Waals surface area (Å²) in [6.07, 6.45) is 6.33. The summed E-state index contributed by atoms with van der Waals surface area (Å²) < 4.78 is 0. The number of aliphatic imine (C=N–C) groups is 2. The second kappa shape index (κ2) is 13.3. The first kappa shape index (κ1) is 34.9. The molecule has 41 heavy (non-hydrogen) atoms. The van der Waals surface area contributed by atoms with Crippen molar-refractivity contribution in [1.29, 1.82) is 0 Å². The van der Waals surface area contributed by atoms with Crippen molar-refractivity contribution in [3.8, 4) is 11.5 Å². The van der Waals surface area contributed by atoms with Gasteiger partial charge >= 0.3 is 0 Å². The van der Waals surface area contributed by atoms with Crippen LogP contribution in [0.2, 0.25) is 0 Å². The van der Waals surface area contributed by atoms with E-state index < -0.39 is 22.2 Å². The molecular formula is C32H46N4NiO4-2. The number of hydrogen-bond donors (Lipinski definition) is 2. The number of nitrogens with zero attached hydrogens (tertiary/aromatic N) is 4. The van der Waals surface area contributed by atoms with Crippen LogP contribution in [-0.4, -0.2) is 67.0 Å². The van der Waals surface area contributed by atoms with Crippen molar-refractivity contribution >= 4 is 12.4 Å². The Kier molecular flexibility index (Phi) is 11.4. The smallest absolute Gasteiger partial charge is 0.124 e. The Morgan fingerprint density at radius 3 is 1.15 bits per heavy atom. The molecule has 0 saturated carbocycles. The van der Waals surface area contributed by atoms with E-state index in [4.69, 9.17) is 0 Å². The van der Waals surface area contributed by atoms with Crippen LogP contribution in [0.3, 0.4) is 0 Å². The number of aromatic hydroxyl groups is 2. The van der Waals surface area contributed by atoms with Gasteiger partial charge in [0.15, 0.2) is 0 Å². The molecule has 0 atom stereocenters. The van der Waals surface area contributed by atoms with Gasteiger partial charge in [-0.05, 0) is 105 Å². The van der Waals surface area contributed by atoms with Crippen LogP contribution in [0.25, 0.3) is 0 Å². The fraction of sp³-hybridized carbons (Fsp3) is 0.562. The van der Waals surface area contributed by atoms with Crippen LogP contribution in [0.4, 0.5) is 0 Å². The number of hydrogen-bond acceptors (Lipinski definition) is 8. The van der Waals surface area contributed by atoms with Gasteiger partial charge in [-0.25, -0.2) is 0 Å². The van der Waals surface area contributed by atoms with Crippen LogP contribution in [-0.2, 0) is 16.5 Å². The number of piperidine rings is 2. The van der Waals surface area contributed by atoms with E-state index in [0.717, 1.165) is 25.7 Å². The maximum absolute atomic E-state index is 12.3. The third-order valence-electron chi connectivity index (χ3n) is 7.86. The van der Waals surface area contributed by atoms with Gasteiger partial charge in [0.25, 0.3) is 0 Å². The average Bonchev–Trinajstić information content (AvgIpc) is 2.85. The molecule has 4 rings (SSSR count). The molecule has 2 aliphatic heterocycles. The molecule has 0 spiro atoms. The molecule has 9 heteroatoms. The minimum absolute atomic E-state index is 0. The zero-order valence-corrected chi connectivity index (χ0v) is 26.6. The summed E-state index contributed by atoms with van der Waals surface area (Å²) in [5, 5.41) is 46.4. The molecule has 2 aliphatic rings. The Bertz CT molecular complexity index is 1080. The quantitative estimate of drug-likeness (QED) is 0.296. The number of rotatable bonds is 4. The first-order chi connectivity index (χ1) is 18.4. The first-order valence-electron chi connectivity index (χ1n) is 14.0. The summed E-state index contributed by atoms with van der Waals surface area (Å²) in [6, 6.07) is 14.5. The molecule has 8 nitrogen and oxygen atoms in total. The SMILES string of the molecule is CC1(C)CC(N=Cc2ccccc2O)CC(C)(C)N1[O-].CC1(C)CC(N=Cc2ccccc2O)CC(C)(C)N1[O-].[Ni]. The third kappa shape index (κ3) is 8.85. The van der Waals surface area contributed by atoms with Gasteiger partial charge in [0.1, 0.15) is 11.5 Å². The number of phenols is 2. The summed E-state index contributed by atoms with van der Waals surface area (Å²) in [6.45, 7) is 15.7. The summed E-state index contributed by atoms with van der Waals surface area (Å²) in [5.74, 6) is 0.465. The standard InChI is InChI=1S/2C16H23N2O2.Ni/c2*1-15(2)9-13(10-16(3,4)18(15)20)17-11-12-7-5-6-8-14(12)19;/h2*5-8,11,13,19H,9-10H2,1-4H3;/q2*-1;. The predicted molar refractivity (Wildman–Crippen MR) is 164 cm³/mol. The van der Waals surface area contributed by atoms with Crippen molar-refractivity contribution < 1.29 is 26.7 Å². The molecule has 230 valence electrons. The van der Waals surface area contributed by atoms with Crippen LogP contribution >= 0.6 is 0 Å². The molecule has 2 aromatic carbocycles. The van der Waals surface area contributed by atoms with Gasteiger partial charge in [-0.2, -0.15) is 0 Å². The van der Waals surface area contributed by atoms with E-state index in [1.165, 1.54) is 10.1 Å². The van der Waals surface area contributed by atoms with Crippen LogP contribution in [0.15, 0.2) is 58.5 Å². The van der Waals surface area contributed by atoms with Crippen molar-refractivity contribution in [2.45, 2.75) is 115 Å². The normalized spacial score (nSPS) is 22.7. The largest absolute Gasteiger partial charge is 0.784 e. The van der Waals surface area contributed by atoms with Gasteiger partial charge in [0, 0.05) is 62.2 Å². The molecule has 2 fully saturated rings. The van der Waals surface area contributed by atoms with E-state index in [1.807, 2.05) is 79.7 Å². The van der Waals surface area contributed by atoms with Crippen molar-refractivity contribution in [3.63, 3.8) is 0 Å². The Balaban J connectivity index is 0.000000280. The van der Waals surface area contributed by atoms with Crippen LogP contribution in [0.1, 0.15) is 92.2 Å². The maximum Gasteiger partial charge on any atom is 0.124 e. The Morgan fingerprint density at radius 2 is 0.878 bits per heavy atom. The van der Waals surface area contributed by atoms with Crippen molar-refractivity contribution in [2.24, 2.45) is 9.98 Å². The molecule has 0 aliphatic carbocycles. The molecule has 2 saturated heterocycles. The molecule has 0 bridgehead atoms. The van der Waals surface area contributed by atoms with E-state index >= 15 is 0 Å². The van der Waals surface area contributed by atoms with Crippen LogP contribution < -0.4 is 0 Å². The molecule has 2 heterocycles. The molecule has 0 aromatic heterocycles. The van der Waals surface area contributed by atoms with Crippen molar-refractivity contribution in [2.75, 3.05) is 0 Å². The second-order valence-electron chi connectivity index (χ2n) is 13.6. The van der Waals surface area contributed by atoms with Gasteiger partial charge in [0.05, 0.1) is 12.1 Å². The van der Waals surface area contributed by atoms with E-state index in [-0.39, 0.29) is 40.1 Å².